The molecule has 4 aromatic rings. The van der Waals surface area contributed by atoms with Crippen LogP contribution in [0.2, 0.25) is 0 Å². The number of aryl methyl sites for hydroxylation is 2. The van der Waals surface area contributed by atoms with Crippen molar-refractivity contribution in [2.75, 3.05) is 17.3 Å². The summed E-state index contributed by atoms with van der Waals surface area (Å²) < 4.78 is 2.93. The molecule has 0 aliphatic heterocycles. The highest BCUT2D eigenvalue weighted by molar-refractivity contribution is 7.14. The van der Waals surface area contributed by atoms with E-state index in [0.717, 1.165) is 40.7 Å². The fraction of sp³-hybridized carbons (Fsp3) is 0.273. The molecule has 4 rings (SSSR count). The van der Waals surface area contributed by atoms with Crippen LogP contribution in [0.25, 0.3) is 22.0 Å². The Balaban J connectivity index is 1.68. The summed E-state index contributed by atoms with van der Waals surface area (Å²) in [5.41, 5.74) is 6.44. The van der Waals surface area contributed by atoms with Crippen LogP contribution in [0, 0.1) is 13.8 Å². The lowest BCUT2D eigenvalue weighted by Crippen LogP contribution is -2.29. The van der Waals surface area contributed by atoms with E-state index in [1.54, 1.807) is 47.3 Å². The summed E-state index contributed by atoms with van der Waals surface area (Å²) in [4.78, 5) is 30.1. The molecule has 3 aromatic heterocycles. The molecule has 9 heteroatoms. The van der Waals surface area contributed by atoms with Crippen molar-refractivity contribution < 1.29 is 4.79 Å². The first kappa shape index (κ1) is 20.8. The summed E-state index contributed by atoms with van der Waals surface area (Å²) in [7, 11) is 1.54. The second-order valence-electron chi connectivity index (χ2n) is 7.35. The fourth-order valence-electron chi connectivity index (χ4n) is 3.53. The maximum Gasteiger partial charge on any atom is 0.291 e. The van der Waals surface area contributed by atoms with Crippen LogP contribution < -0.4 is 16.3 Å². The van der Waals surface area contributed by atoms with Crippen molar-refractivity contribution >= 4 is 33.1 Å². The molecule has 0 atom stereocenters. The van der Waals surface area contributed by atoms with E-state index in [0.29, 0.717) is 10.8 Å². The molecule has 31 heavy (non-hydrogen) atoms. The molecule has 3 heterocycles. The quantitative estimate of drug-likeness (QED) is 0.481. The largest absolute Gasteiger partial charge is 0.362 e. The highest BCUT2D eigenvalue weighted by atomic mass is 32.1. The van der Waals surface area contributed by atoms with Gasteiger partial charge in [-0.15, -0.1) is 11.3 Å². The van der Waals surface area contributed by atoms with Crippen LogP contribution in [-0.2, 0) is 7.05 Å². The van der Waals surface area contributed by atoms with Gasteiger partial charge in [-0.3, -0.25) is 19.7 Å². The molecule has 1 amide bonds. The summed E-state index contributed by atoms with van der Waals surface area (Å²) in [6.07, 6.45) is 1.03. The topological polar surface area (TPSA) is 93.8 Å². The fourth-order valence-corrected chi connectivity index (χ4v) is 4.27. The predicted molar refractivity (Wildman–Crippen MR) is 124 cm³/mol. The molecule has 160 valence electrons. The number of rotatable bonds is 6. The molecule has 1 aromatic carbocycles. The Bertz CT molecular complexity index is 1330. The van der Waals surface area contributed by atoms with Gasteiger partial charge in [-0.2, -0.15) is 5.10 Å². The molecule has 8 nitrogen and oxygen atoms in total. The normalized spacial score (nSPS) is 11.1. The molecular formula is C22H24N6O2S. The minimum absolute atomic E-state index is 0.200. The van der Waals surface area contributed by atoms with Gasteiger partial charge < -0.3 is 5.32 Å². The molecule has 0 unspecified atom stereocenters. The van der Waals surface area contributed by atoms with Gasteiger partial charge in [-0.25, -0.2) is 9.67 Å². The molecule has 2 N–H and O–H groups in total. The average Bonchev–Trinajstić information content (AvgIpc) is 3.34. The third-order valence-corrected chi connectivity index (χ3v) is 5.92. The van der Waals surface area contributed by atoms with Crippen LogP contribution in [0.3, 0.4) is 0 Å². The van der Waals surface area contributed by atoms with E-state index in [4.69, 9.17) is 0 Å². The smallest absolute Gasteiger partial charge is 0.291 e. The first-order chi connectivity index (χ1) is 14.9. The van der Waals surface area contributed by atoms with Gasteiger partial charge in [0.1, 0.15) is 0 Å². The van der Waals surface area contributed by atoms with Crippen LogP contribution >= 0.6 is 11.3 Å². The Morgan fingerprint density at radius 3 is 2.68 bits per heavy atom. The van der Waals surface area contributed by atoms with Gasteiger partial charge in [0.25, 0.3) is 11.5 Å². The number of aromatic nitrogens is 4. The van der Waals surface area contributed by atoms with Gasteiger partial charge in [-0.05, 0) is 32.4 Å². The number of anilines is 1. The first-order valence-electron chi connectivity index (χ1n) is 10.1. The molecule has 0 bridgehead atoms. The van der Waals surface area contributed by atoms with E-state index < -0.39 is 0 Å². The van der Waals surface area contributed by atoms with E-state index in [2.05, 4.69) is 27.7 Å². The maximum absolute atomic E-state index is 13.1. The number of benzene rings is 1. The van der Waals surface area contributed by atoms with E-state index in [1.807, 2.05) is 25.3 Å². The van der Waals surface area contributed by atoms with Crippen molar-refractivity contribution in [1.29, 1.82) is 0 Å². The molecular weight excluding hydrogens is 412 g/mol. The number of hydrogen-bond acceptors (Lipinski definition) is 6. The molecule has 0 aliphatic rings. The van der Waals surface area contributed by atoms with Crippen molar-refractivity contribution in [2.45, 2.75) is 27.2 Å². The van der Waals surface area contributed by atoms with Crippen molar-refractivity contribution in [2.24, 2.45) is 7.05 Å². The van der Waals surface area contributed by atoms with E-state index in [9.17, 15) is 9.59 Å². The minimum Gasteiger partial charge on any atom is -0.362 e. The third-order valence-electron chi connectivity index (χ3n) is 5.12. The lowest BCUT2D eigenvalue weighted by Gasteiger charge is -2.13. The summed E-state index contributed by atoms with van der Waals surface area (Å²) in [5.74, 6) is -0.385. The standard InChI is InChI=1S/C22H24N6O2S/c1-5-10-23-22-24-18(12-31-22)17-11-13(2)28(14(17)3)26-20(29)19-15-8-6-7-9-16(15)21(30)27(4)25-19/h6-9,11-12H,5,10H2,1-4H3,(H,23,24)(H,26,29). The van der Waals surface area contributed by atoms with Crippen molar-refractivity contribution in [1.82, 2.24) is 19.4 Å². The van der Waals surface area contributed by atoms with Crippen molar-refractivity contribution in [3.63, 3.8) is 0 Å². The molecule has 0 saturated carbocycles. The average molecular weight is 437 g/mol. The molecule has 0 saturated heterocycles. The van der Waals surface area contributed by atoms with E-state index in [-0.39, 0.29) is 17.2 Å². The highest BCUT2D eigenvalue weighted by Gasteiger charge is 2.19. The van der Waals surface area contributed by atoms with Crippen LogP contribution in [0.5, 0.6) is 0 Å². The number of thiazole rings is 1. The number of amides is 1. The summed E-state index contributed by atoms with van der Waals surface area (Å²) in [6.45, 7) is 6.85. The van der Waals surface area contributed by atoms with Gasteiger partial charge in [0.05, 0.1) is 11.1 Å². The summed E-state index contributed by atoms with van der Waals surface area (Å²) in [6, 6.07) is 9.00. The van der Waals surface area contributed by atoms with Gasteiger partial charge >= 0.3 is 0 Å². The monoisotopic (exact) mass is 436 g/mol. The van der Waals surface area contributed by atoms with Crippen LogP contribution in [0.15, 0.2) is 40.5 Å². The molecule has 0 fully saturated rings. The van der Waals surface area contributed by atoms with Crippen molar-refractivity contribution in [3.8, 4) is 11.3 Å². The van der Waals surface area contributed by atoms with Crippen LogP contribution in [0.1, 0.15) is 35.2 Å². The predicted octanol–water partition coefficient (Wildman–Crippen LogP) is 3.68. The van der Waals surface area contributed by atoms with Crippen molar-refractivity contribution in [3.05, 3.63) is 63.1 Å². The minimum atomic E-state index is -0.385. The number of carbonyl (C=O) groups is 1. The van der Waals surface area contributed by atoms with E-state index >= 15 is 0 Å². The Labute approximate surface area is 183 Å². The summed E-state index contributed by atoms with van der Waals surface area (Å²) in [5, 5.41) is 11.4. The summed E-state index contributed by atoms with van der Waals surface area (Å²) >= 11 is 1.56. The van der Waals surface area contributed by atoms with Crippen LogP contribution in [0.4, 0.5) is 5.13 Å². The van der Waals surface area contributed by atoms with E-state index in [1.165, 1.54) is 4.68 Å². The van der Waals surface area contributed by atoms with Gasteiger partial charge in [0.2, 0.25) is 0 Å². The lowest BCUT2D eigenvalue weighted by molar-refractivity contribution is 0.100. The van der Waals surface area contributed by atoms with Crippen LogP contribution in [-0.4, -0.2) is 31.9 Å². The van der Waals surface area contributed by atoms with Gasteiger partial charge in [0, 0.05) is 41.3 Å². The third kappa shape index (κ3) is 3.84. The van der Waals surface area contributed by atoms with Gasteiger partial charge in [0.15, 0.2) is 10.8 Å². The Hall–Kier alpha value is -3.46. The Morgan fingerprint density at radius 1 is 1.19 bits per heavy atom. The molecule has 0 aliphatic carbocycles. The second-order valence-corrected chi connectivity index (χ2v) is 8.21. The number of fused-ring (bicyclic) bond motifs is 1. The Kier molecular flexibility index (Phi) is 5.60. The number of hydrogen-bond donors (Lipinski definition) is 2. The molecule has 0 spiro atoms. The first-order valence-corrected chi connectivity index (χ1v) is 10.9. The zero-order valence-electron chi connectivity index (χ0n) is 17.9. The second kappa shape index (κ2) is 8.35. The molecule has 0 radical (unpaired) electrons. The maximum atomic E-state index is 13.1. The SMILES string of the molecule is CCCNc1nc(-c2cc(C)n(NC(=O)c3nn(C)c(=O)c4ccccc34)c2C)cs1. The van der Waals surface area contributed by atoms with Gasteiger partial charge in [-0.1, -0.05) is 25.1 Å². The lowest BCUT2D eigenvalue weighted by atomic mass is 10.1. The highest BCUT2D eigenvalue weighted by Crippen LogP contribution is 2.29. The Morgan fingerprint density at radius 2 is 1.94 bits per heavy atom. The zero-order chi connectivity index (χ0) is 22.1. The number of carbonyl (C=O) groups excluding carboxylic acids is 1. The number of nitrogens with one attached hydrogen (secondary N) is 2. The number of nitrogens with zero attached hydrogens (tertiary/aromatic N) is 4. The zero-order valence-corrected chi connectivity index (χ0v) is 18.7.